The van der Waals surface area contributed by atoms with Crippen molar-refractivity contribution in [1.29, 1.82) is 0 Å². The van der Waals surface area contributed by atoms with E-state index in [1.165, 1.54) is 6.07 Å². The number of nitrogens with zero attached hydrogens (tertiary/aromatic N) is 2. The van der Waals surface area contributed by atoms with Crippen molar-refractivity contribution in [3.8, 4) is 17.3 Å². The second-order valence-corrected chi connectivity index (χ2v) is 7.71. The quantitative estimate of drug-likeness (QED) is 0.371. The van der Waals surface area contributed by atoms with Gasteiger partial charge < -0.3 is 10.1 Å². The summed E-state index contributed by atoms with van der Waals surface area (Å²) in [7, 11) is 0. The fourth-order valence-corrected chi connectivity index (χ4v) is 3.44. The largest absolute Gasteiger partial charge is 0.436 e. The van der Waals surface area contributed by atoms with Crippen LogP contribution in [0.4, 0.5) is 14.5 Å². The van der Waals surface area contributed by atoms with Crippen molar-refractivity contribution in [2.75, 3.05) is 5.32 Å². The van der Waals surface area contributed by atoms with Crippen molar-refractivity contribution in [1.82, 2.24) is 9.78 Å². The van der Waals surface area contributed by atoms with Crippen LogP contribution >= 0.6 is 0 Å². The van der Waals surface area contributed by atoms with E-state index in [-0.39, 0.29) is 24.0 Å². The minimum absolute atomic E-state index is 0.126. The van der Waals surface area contributed by atoms with Crippen LogP contribution in [0.3, 0.4) is 0 Å². The molecule has 0 fully saturated rings. The van der Waals surface area contributed by atoms with Crippen LogP contribution in [0.15, 0.2) is 72.8 Å². The Morgan fingerprint density at radius 2 is 1.73 bits per heavy atom. The molecule has 0 saturated heterocycles. The molecule has 0 aliphatic rings. The number of aromatic nitrogens is 2. The number of halogens is 2. The van der Waals surface area contributed by atoms with Gasteiger partial charge in [-0.2, -0.15) is 5.10 Å². The molecule has 1 heterocycles. The number of rotatable bonds is 7. The van der Waals surface area contributed by atoms with E-state index in [9.17, 15) is 13.6 Å². The highest BCUT2D eigenvalue weighted by Crippen LogP contribution is 2.33. The molecule has 0 saturated carbocycles. The van der Waals surface area contributed by atoms with Gasteiger partial charge in [0, 0.05) is 23.7 Å². The van der Waals surface area contributed by atoms with E-state index in [0.717, 1.165) is 17.7 Å². The molecule has 7 heteroatoms. The third-order valence-corrected chi connectivity index (χ3v) is 5.18. The van der Waals surface area contributed by atoms with Gasteiger partial charge in [-0.3, -0.25) is 4.79 Å². The number of nitrogens with one attached hydrogen (secondary N) is 1. The van der Waals surface area contributed by atoms with Gasteiger partial charge >= 0.3 is 0 Å². The molecule has 168 valence electrons. The minimum atomic E-state index is -0.823. The third kappa shape index (κ3) is 5.26. The summed E-state index contributed by atoms with van der Waals surface area (Å²) >= 11 is 0. The zero-order chi connectivity index (χ0) is 23.4. The van der Waals surface area contributed by atoms with Crippen molar-refractivity contribution in [2.24, 2.45) is 0 Å². The second kappa shape index (κ2) is 9.65. The highest BCUT2D eigenvalue weighted by molar-refractivity contribution is 5.90. The molecular formula is C26H23F2N3O2. The van der Waals surface area contributed by atoms with E-state index in [0.29, 0.717) is 29.1 Å². The maximum atomic E-state index is 14.3. The second-order valence-electron chi connectivity index (χ2n) is 7.71. The molecule has 0 aliphatic heterocycles. The molecule has 1 amide bonds. The van der Waals surface area contributed by atoms with Crippen LogP contribution in [0.5, 0.6) is 11.6 Å². The van der Waals surface area contributed by atoms with Crippen molar-refractivity contribution in [2.45, 2.75) is 26.7 Å². The summed E-state index contributed by atoms with van der Waals surface area (Å²) in [6.45, 7) is 3.78. The molecule has 0 unspecified atom stereocenters. The molecule has 4 aromatic rings. The van der Waals surface area contributed by atoms with Crippen LogP contribution in [0.25, 0.3) is 5.69 Å². The fraction of sp³-hybridized carbons (Fsp3) is 0.154. The predicted molar refractivity (Wildman–Crippen MR) is 123 cm³/mol. The zero-order valence-electron chi connectivity index (χ0n) is 18.3. The van der Waals surface area contributed by atoms with Crippen molar-refractivity contribution in [3.63, 3.8) is 0 Å². The summed E-state index contributed by atoms with van der Waals surface area (Å²) in [6.07, 6.45) is 0.506. The Hall–Kier alpha value is -4.00. The highest BCUT2D eigenvalue weighted by atomic mass is 19.1. The Morgan fingerprint density at radius 1 is 1.00 bits per heavy atom. The molecule has 5 nitrogen and oxygen atoms in total. The first-order valence-corrected chi connectivity index (χ1v) is 10.5. The van der Waals surface area contributed by atoms with E-state index in [1.807, 2.05) is 61.5 Å². The smallest absolute Gasteiger partial charge is 0.226 e. The van der Waals surface area contributed by atoms with E-state index in [2.05, 4.69) is 10.4 Å². The molecule has 33 heavy (non-hydrogen) atoms. The number of para-hydroxylation sites is 1. The summed E-state index contributed by atoms with van der Waals surface area (Å²) in [4.78, 5) is 12.5. The molecular weight excluding hydrogens is 424 g/mol. The van der Waals surface area contributed by atoms with Gasteiger partial charge in [-0.05, 0) is 56.7 Å². The Morgan fingerprint density at radius 3 is 2.42 bits per heavy atom. The predicted octanol–water partition coefficient (Wildman–Crippen LogP) is 6.13. The summed E-state index contributed by atoms with van der Waals surface area (Å²) in [5, 5.41) is 7.43. The van der Waals surface area contributed by atoms with Gasteiger partial charge in [0.15, 0.2) is 11.6 Å². The van der Waals surface area contributed by atoms with Gasteiger partial charge in [0.05, 0.1) is 11.4 Å². The summed E-state index contributed by atoms with van der Waals surface area (Å²) < 4.78 is 35.2. The SMILES string of the molecule is Cc1ccc(NC(=O)CCc2c(C)nn(-c3ccccc3)c2Oc2ccc(F)cc2F)cc1. The Kier molecular flexibility index (Phi) is 6.49. The van der Waals surface area contributed by atoms with E-state index in [4.69, 9.17) is 4.74 Å². The molecule has 0 bridgehead atoms. The van der Waals surface area contributed by atoms with Crippen molar-refractivity contribution >= 4 is 11.6 Å². The van der Waals surface area contributed by atoms with Gasteiger partial charge in [-0.1, -0.05) is 35.9 Å². The van der Waals surface area contributed by atoms with E-state index < -0.39 is 11.6 Å². The molecule has 1 N–H and O–H groups in total. The van der Waals surface area contributed by atoms with E-state index >= 15 is 0 Å². The van der Waals surface area contributed by atoms with E-state index in [1.54, 1.807) is 11.6 Å². The average molecular weight is 447 g/mol. The lowest BCUT2D eigenvalue weighted by Gasteiger charge is -2.12. The summed E-state index contributed by atoms with van der Waals surface area (Å²) in [6, 6.07) is 19.9. The number of carbonyl (C=O) groups excluding carboxylic acids is 1. The zero-order valence-corrected chi connectivity index (χ0v) is 18.3. The lowest BCUT2D eigenvalue weighted by Crippen LogP contribution is -2.12. The molecule has 0 atom stereocenters. The van der Waals surface area contributed by atoms with Gasteiger partial charge in [0.2, 0.25) is 11.8 Å². The number of benzene rings is 3. The lowest BCUT2D eigenvalue weighted by molar-refractivity contribution is -0.116. The van der Waals surface area contributed by atoms with Gasteiger partial charge in [-0.25, -0.2) is 13.5 Å². The first kappa shape index (κ1) is 22.2. The normalized spacial score (nSPS) is 10.8. The number of aryl methyl sites for hydroxylation is 2. The molecule has 3 aromatic carbocycles. The lowest BCUT2D eigenvalue weighted by atomic mass is 10.1. The molecule has 0 spiro atoms. The molecule has 4 rings (SSSR count). The first-order valence-electron chi connectivity index (χ1n) is 10.5. The molecule has 0 aliphatic carbocycles. The van der Waals surface area contributed by atoms with Crippen molar-refractivity contribution < 1.29 is 18.3 Å². The Labute approximate surface area is 190 Å². The number of hydrogen-bond donors (Lipinski definition) is 1. The third-order valence-electron chi connectivity index (χ3n) is 5.18. The molecule has 0 radical (unpaired) electrons. The number of ether oxygens (including phenoxy) is 1. The summed E-state index contributed by atoms with van der Waals surface area (Å²) in [5.74, 6) is -1.52. The van der Waals surface area contributed by atoms with Crippen LogP contribution in [0, 0.1) is 25.5 Å². The maximum absolute atomic E-state index is 14.3. The van der Waals surface area contributed by atoms with Crippen LogP contribution in [-0.2, 0) is 11.2 Å². The summed E-state index contributed by atoms with van der Waals surface area (Å²) in [5.41, 5.74) is 3.86. The van der Waals surface area contributed by atoms with Crippen molar-refractivity contribution in [3.05, 3.63) is 101 Å². The van der Waals surface area contributed by atoms with Gasteiger partial charge in [0.1, 0.15) is 5.82 Å². The van der Waals surface area contributed by atoms with Crippen LogP contribution in [0.2, 0.25) is 0 Å². The standard InChI is InChI=1S/C26H23F2N3O2/c1-17-8-11-20(12-9-17)29-25(32)15-13-22-18(2)30-31(21-6-4-3-5-7-21)26(22)33-24-14-10-19(27)16-23(24)28/h3-12,14,16H,13,15H2,1-2H3,(H,29,32). The topological polar surface area (TPSA) is 56.2 Å². The average Bonchev–Trinajstić information content (AvgIpc) is 3.11. The number of hydrogen-bond acceptors (Lipinski definition) is 3. The maximum Gasteiger partial charge on any atom is 0.226 e. The van der Waals surface area contributed by atoms with Crippen LogP contribution in [0.1, 0.15) is 23.2 Å². The number of carbonyl (C=O) groups is 1. The highest BCUT2D eigenvalue weighted by Gasteiger charge is 2.21. The van der Waals surface area contributed by atoms with Gasteiger partial charge in [-0.15, -0.1) is 0 Å². The van der Waals surface area contributed by atoms with Crippen LogP contribution in [-0.4, -0.2) is 15.7 Å². The monoisotopic (exact) mass is 447 g/mol. The minimum Gasteiger partial charge on any atom is -0.436 e. The first-order chi connectivity index (χ1) is 15.9. The number of amides is 1. The Balaban J connectivity index is 1.61. The van der Waals surface area contributed by atoms with Gasteiger partial charge in [0.25, 0.3) is 0 Å². The Bertz CT molecular complexity index is 1270. The van der Waals surface area contributed by atoms with Crippen LogP contribution < -0.4 is 10.1 Å². The molecule has 1 aromatic heterocycles. The fourth-order valence-electron chi connectivity index (χ4n) is 3.44. The number of anilines is 1.